The van der Waals surface area contributed by atoms with Crippen molar-refractivity contribution in [3.05, 3.63) is 77.9 Å². The second kappa shape index (κ2) is 8.28. The topological polar surface area (TPSA) is 62.2 Å². The van der Waals surface area contributed by atoms with Crippen LogP contribution in [0.1, 0.15) is 42.2 Å². The minimum Gasteiger partial charge on any atom is -0.357 e. The van der Waals surface area contributed by atoms with E-state index in [1.165, 1.54) is 0 Å². The molecule has 1 fully saturated rings. The van der Waals surface area contributed by atoms with Crippen LogP contribution in [0.3, 0.4) is 0 Å². The molecular weight excluding hydrogens is 394 g/mol. The highest BCUT2D eigenvalue weighted by molar-refractivity contribution is 7.80. The maximum absolute atomic E-state index is 11.8. The lowest BCUT2D eigenvalue weighted by molar-refractivity contribution is -0.115. The van der Waals surface area contributed by atoms with Gasteiger partial charge >= 0.3 is 0 Å². The van der Waals surface area contributed by atoms with E-state index in [9.17, 15) is 4.79 Å². The lowest BCUT2D eigenvalue weighted by Crippen LogP contribution is -2.29. The van der Waals surface area contributed by atoms with Gasteiger partial charge in [-0.1, -0.05) is 13.0 Å². The molecule has 0 bridgehead atoms. The van der Waals surface area contributed by atoms with Gasteiger partial charge in [0.15, 0.2) is 5.11 Å². The van der Waals surface area contributed by atoms with Crippen molar-refractivity contribution < 1.29 is 4.79 Å². The molecular formula is C23H25N5OS. The van der Waals surface area contributed by atoms with Gasteiger partial charge in [0.05, 0.1) is 17.8 Å². The minimum absolute atomic E-state index is 0.00147. The van der Waals surface area contributed by atoms with Crippen molar-refractivity contribution in [1.82, 2.24) is 14.9 Å². The van der Waals surface area contributed by atoms with Crippen LogP contribution < -0.4 is 15.5 Å². The van der Waals surface area contributed by atoms with Crippen molar-refractivity contribution in [3.8, 4) is 0 Å². The number of amides is 1. The summed E-state index contributed by atoms with van der Waals surface area (Å²) < 4.78 is 2.04. The second-order valence-electron chi connectivity index (χ2n) is 7.51. The summed E-state index contributed by atoms with van der Waals surface area (Å²) in [5, 5.41) is 7.08. The molecule has 1 aliphatic heterocycles. The highest BCUT2D eigenvalue weighted by Gasteiger charge is 2.41. The van der Waals surface area contributed by atoms with E-state index in [0.717, 1.165) is 28.2 Å². The van der Waals surface area contributed by atoms with E-state index < -0.39 is 0 Å². The van der Waals surface area contributed by atoms with Crippen LogP contribution in [0.25, 0.3) is 0 Å². The summed E-state index contributed by atoms with van der Waals surface area (Å²) in [7, 11) is 2.01. The van der Waals surface area contributed by atoms with Crippen LogP contribution in [-0.2, 0) is 11.8 Å². The van der Waals surface area contributed by atoms with Crippen LogP contribution in [0.2, 0.25) is 0 Å². The Balaban J connectivity index is 1.74. The number of hydrogen-bond acceptors (Lipinski definition) is 3. The molecule has 7 heteroatoms. The number of nitrogens with zero attached hydrogens (tertiary/aromatic N) is 3. The van der Waals surface area contributed by atoms with E-state index in [-0.39, 0.29) is 18.0 Å². The predicted molar refractivity (Wildman–Crippen MR) is 123 cm³/mol. The Bertz CT molecular complexity index is 1080. The highest BCUT2D eigenvalue weighted by atomic mass is 32.1. The first-order chi connectivity index (χ1) is 14.5. The van der Waals surface area contributed by atoms with E-state index >= 15 is 0 Å². The quantitative estimate of drug-likeness (QED) is 0.605. The largest absolute Gasteiger partial charge is 0.357 e. The molecule has 1 amide bonds. The van der Waals surface area contributed by atoms with Crippen LogP contribution in [0.5, 0.6) is 0 Å². The van der Waals surface area contributed by atoms with Crippen LogP contribution in [-0.4, -0.2) is 20.6 Å². The lowest BCUT2D eigenvalue weighted by Gasteiger charge is -2.28. The molecule has 3 heterocycles. The summed E-state index contributed by atoms with van der Waals surface area (Å²) >= 11 is 5.76. The molecule has 0 unspecified atom stereocenters. The van der Waals surface area contributed by atoms with Gasteiger partial charge in [0.1, 0.15) is 0 Å². The van der Waals surface area contributed by atoms with Gasteiger partial charge in [0.2, 0.25) is 5.91 Å². The number of anilines is 2. The van der Waals surface area contributed by atoms with Gasteiger partial charge in [-0.15, -0.1) is 0 Å². The molecule has 30 heavy (non-hydrogen) atoms. The molecule has 154 valence electrons. The zero-order chi connectivity index (χ0) is 21.3. The first kappa shape index (κ1) is 20.1. The third-order valence-electron chi connectivity index (χ3n) is 5.38. The van der Waals surface area contributed by atoms with Crippen LogP contribution in [0.4, 0.5) is 11.4 Å². The van der Waals surface area contributed by atoms with Crippen LogP contribution in [0.15, 0.2) is 61.1 Å². The van der Waals surface area contributed by atoms with Crippen LogP contribution in [0, 0.1) is 6.92 Å². The van der Waals surface area contributed by atoms with Crippen molar-refractivity contribution in [2.45, 2.75) is 32.4 Å². The van der Waals surface area contributed by atoms with Gasteiger partial charge in [-0.05, 0) is 66.7 Å². The molecule has 3 aromatic rings. The van der Waals surface area contributed by atoms with Crippen molar-refractivity contribution in [2.75, 3.05) is 10.2 Å². The summed E-state index contributed by atoms with van der Waals surface area (Å²) in [6.07, 6.45) is 6.41. The van der Waals surface area contributed by atoms with Crippen LogP contribution >= 0.6 is 12.2 Å². The fourth-order valence-electron chi connectivity index (χ4n) is 3.85. The molecule has 0 radical (unpaired) electrons. The summed E-state index contributed by atoms with van der Waals surface area (Å²) in [6.45, 7) is 3.84. The molecule has 0 spiro atoms. The Morgan fingerprint density at radius 2 is 2.10 bits per heavy atom. The Hall–Kier alpha value is -3.19. The molecule has 1 aromatic carbocycles. The number of thiocarbonyl (C=S) groups is 1. The standard InChI is InChI=1S/C23H25N5OS/c1-4-20(29)25-18-9-8-17(13-15(18)2)28-22(16-10-12-27(3)14-16)21(26-23(28)30)19-7-5-6-11-24-19/h5-14,21-22H,4H2,1-3H3,(H,25,29)(H,26,30)/t21-,22-/m0/s1. The second-order valence-corrected chi connectivity index (χ2v) is 7.89. The first-order valence-electron chi connectivity index (χ1n) is 10.0. The lowest BCUT2D eigenvalue weighted by atomic mass is 9.98. The van der Waals surface area contributed by atoms with E-state index in [1.54, 1.807) is 6.20 Å². The number of carbonyl (C=O) groups is 1. The number of carbonyl (C=O) groups excluding carboxylic acids is 1. The SMILES string of the molecule is CCC(=O)Nc1ccc(N2C(=S)N[C@@H](c3ccccn3)[C@@H]2c2ccn(C)c2)cc1C. The summed E-state index contributed by atoms with van der Waals surface area (Å²) in [5.74, 6) is 0.00147. The minimum atomic E-state index is -0.0686. The third-order valence-corrected chi connectivity index (χ3v) is 5.69. The summed E-state index contributed by atoms with van der Waals surface area (Å²) in [4.78, 5) is 18.5. The number of aryl methyl sites for hydroxylation is 2. The monoisotopic (exact) mass is 419 g/mol. The normalized spacial score (nSPS) is 18.4. The number of nitrogens with one attached hydrogen (secondary N) is 2. The van der Waals surface area contributed by atoms with Crippen molar-refractivity contribution in [3.63, 3.8) is 0 Å². The number of hydrogen-bond donors (Lipinski definition) is 2. The number of pyridine rings is 1. The third kappa shape index (κ3) is 3.80. The summed E-state index contributed by atoms with van der Waals surface area (Å²) in [5.41, 5.74) is 4.89. The Morgan fingerprint density at radius 3 is 2.73 bits per heavy atom. The average Bonchev–Trinajstić information content (AvgIpc) is 3.32. The Labute approximate surface area is 181 Å². The number of aromatic nitrogens is 2. The molecule has 4 rings (SSSR count). The molecule has 2 aromatic heterocycles. The maximum Gasteiger partial charge on any atom is 0.224 e. The average molecular weight is 420 g/mol. The predicted octanol–water partition coefficient (Wildman–Crippen LogP) is 4.25. The molecule has 1 aliphatic rings. The first-order valence-corrected chi connectivity index (χ1v) is 10.4. The van der Waals surface area contributed by atoms with Gasteiger partial charge in [0, 0.05) is 43.4 Å². The van der Waals surface area contributed by atoms with Gasteiger partial charge in [-0.25, -0.2) is 0 Å². The molecule has 0 aliphatic carbocycles. The number of rotatable bonds is 5. The Morgan fingerprint density at radius 1 is 1.27 bits per heavy atom. The van der Waals surface area contributed by atoms with E-state index in [0.29, 0.717) is 11.5 Å². The van der Waals surface area contributed by atoms with E-state index in [4.69, 9.17) is 12.2 Å². The van der Waals surface area contributed by atoms with E-state index in [1.807, 2.05) is 62.0 Å². The molecule has 6 nitrogen and oxygen atoms in total. The fraction of sp³-hybridized carbons (Fsp3) is 0.261. The molecule has 1 saturated heterocycles. The van der Waals surface area contributed by atoms with Crippen molar-refractivity contribution >= 4 is 34.6 Å². The van der Waals surface area contributed by atoms with Gasteiger partial charge in [-0.2, -0.15) is 0 Å². The molecule has 2 N–H and O–H groups in total. The smallest absolute Gasteiger partial charge is 0.224 e. The summed E-state index contributed by atoms with van der Waals surface area (Å²) in [6, 6.07) is 14.0. The zero-order valence-electron chi connectivity index (χ0n) is 17.3. The maximum atomic E-state index is 11.8. The van der Waals surface area contributed by atoms with Gasteiger partial charge in [-0.3, -0.25) is 9.78 Å². The Kier molecular flexibility index (Phi) is 5.55. The fourth-order valence-corrected chi connectivity index (χ4v) is 4.19. The highest BCUT2D eigenvalue weighted by Crippen LogP contribution is 2.42. The number of benzene rings is 1. The molecule has 2 atom stereocenters. The van der Waals surface area contributed by atoms with Gasteiger partial charge in [0.25, 0.3) is 0 Å². The van der Waals surface area contributed by atoms with Crippen molar-refractivity contribution in [2.24, 2.45) is 7.05 Å². The van der Waals surface area contributed by atoms with Gasteiger partial charge < -0.3 is 20.1 Å². The van der Waals surface area contributed by atoms with Crippen molar-refractivity contribution in [1.29, 1.82) is 0 Å². The zero-order valence-corrected chi connectivity index (χ0v) is 18.1. The van der Waals surface area contributed by atoms with E-state index in [2.05, 4.69) is 38.8 Å². The molecule has 0 saturated carbocycles.